The van der Waals surface area contributed by atoms with Crippen molar-refractivity contribution in [3.8, 4) is 0 Å². The zero-order chi connectivity index (χ0) is 14.7. The lowest BCUT2D eigenvalue weighted by Crippen LogP contribution is -2.40. The number of para-hydroxylation sites is 1. The molecule has 1 unspecified atom stereocenters. The molecule has 1 amide bonds. The second-order valence-electron chi connectivity index (χ2n) is 4.16. The Morgan fingerprint density at radius 1 is 1.42 bits per heavy atom. The first-order valence-corrected chi connectivity index (χ1v) is 5.51. The van der Waals surface area contributed by atoms with Gasteiger partial charge in [0.05, 0.1) is 4.92 Å². The van der Waals surface area contributed by atoms with E-state index in [1.165, 1.54) is 39.1 Å². The average Bonchev–Trinajstić information content (AvgIpc) is 2.35. The van der Waals surface area contributed by atoms with Crippen LogP contribution in [-0.4, -0.2) is 39.9 Å². The maximum atomic E-state index is 12.1. The molecule has 0 heterocycles. The summed E-state index contributed by atoms with van der Waals surface area (Å²) >= 11 is 0. The lowest BCUT2D eigenvalue weighted by molar-refractivity contribution is -0.385. The summed E-state index contributed by atoms with van der Waals surface area (Å²) in [7, 11) is 1.30. The number of hydrogen-bond acceptors (Lipinski definition) is 4. The van der Waals surface area contributed by atoms with E-state index in [1.807, 2.05) is 0 Å². The number of nitro benzene ring substituents is 1. The van der Waals surface area contributed by atoms with E-state index in [-0.39, 0.29) is 11.3 Å². The third-order valence-electron chi connectivity index (χ3n) is 2.91. The van der Waals surface area contributed by atoms with Crippen molar-refractivity contribution in [1.82, 2.24) is 4.90 Å². The quantitative estimate of drug-likeness (QED) is 0.656. The van der Waals surface area contributed by atoms with E-state index in [9.17, 15) is 19.7 Å². The molecule has 102 valence electrons. The fraction of sp³-hybridized carbons (Fsp3) is 0.333. The normalized spacial score (nSPS) is 11.7. The fourth-order valence-corrected chi connectivity index (χ4v) is 1.61. The molecular weight excluding hydrogens is 252 g/mol. The number of carboxylic acid groups (broad SMARTS) is 1. The Bertz CT molecular complexity index is 541. The van der Waals surface area contributed by atoms with Crippen LogP contribution < -0.4 is 0 Å². The fourth-order valence-electron chi connectivity index (χ4n) is 1.61. The molecule has 0 aliphatic carbocycles. The lowest BCUT2D eigenvalue weighted by atomic mass is 10.1. The smallest absolute Gasteiger partial charge is 0.326 e. The third kappa shape index (κ3) is 2.87. The highest BCUT2D eigenvalue weighted by Gasteiger charge is 2.29. The Labute approximate surface area is 109 Å². The number of rotatable bonds is 4. The Morgan fingerprint density at radius 3 is 2.47 bits per heavy atom. The summed E-state index contributed by atoms with van der Waals surface area (Å²) in [5, 5.41) is 19.8. The zero-order valence-corrected chi connectivity index (χ0v) is 10.8. The number of carbonyl (C=O) groups is 2. The van der Waals surface area contributed by atoms with Gasteiger partial charge in [0.2, 0.25) is 0 Å². The topological polar surface area (TPSA) is 101 Å². The monoisotopic (exact) mass is 266 g/mol. The van der Waals surface area contributed by atoms with Gasteiger partial charge in [-0.25, -0.2) is 4.79 Å². The van der Waals surface area contributed by atoms with Gasteiger partial charge in [0.15, 0.2) is 0 Å². The highest BCUT2D eigenvalue weighted by molar-refractivity contribution is 6.00. The molecule has 0 bridgehead atoms. The Morgan fingerprint density at radius 2 is 2.00 bits per heavy atom. The minimum Gasteiger partial charge on any atom is -0.480 e. The Hall–Kier alpha value is -2.44. The number of likely N-dealkylation sites (N-methyl/N-ethyl adjacent to an activating group) is 1. The first kappa shape index (κ1) is 14.6. The van der Waals surface area contributed by atoms with Crippen molar-refractivity contribution in [2.75, 3.05) is 7.05 Å². The van der Waals surface area contributed by atoms with Crippen LogP contribution in [-0.2, 0) is 4.79 Å². The molecule has 7 heteroatoms. The number of nitrogens with zero attached hydrogens (tertiary/aromatic N) is 2. The number of hydrogen-bond donors (Lipinski definition) is 1. The highest BCUT2D eigenvalue weighted by Crippen LogP contribution is 2.24. The van der Waals surface area contributed by atoms with Gasteiger partial charge >= 0.3 is 5.97 Å². The molecule has 7 nitrogen and oxygen atoms in total. The van der Waals surface area contributed by atoms with Crippen LogP contribution in [0, 0.1) is 17.0 Å². The second-order valence-corrected chi connectivity index (χ2v) is 4.16. The molecule has 1 aromatic carbocycles. The predicted octanol–water partition coefficient (Wildman–Crippen LogP) is 1.45. The molecule has 19 heavy (non-hydrogen) atoms. The van der Waals surface area contributed by atoms with Crippen molar-refractivity contribution in [1.29, 1.82) is 0 Å². The molecule has 1 N–H and O–H groups in total. The van der Waals surface area contributed by atoms with Crippen molar-refractivity contribution >= 4 is 17.6 Å². The molecule has 1 atom stereocenters. The highest BCUT2D eigenvalue weighted by atomic mass is 16.6. The molecule has 0 aliphatic rings. The molecule has 0 saturated carbocycles. The average molecular weight is 266 g/mol. The molecular formula is C12H14N2O5. The molecule has 0 aliphatic heterocycles. The van der Waals surface area contributed by atoms with Gasteiger partial charge in [-0.05, 0) is 19.9 Å². The Balaban J connectivity index is 3.24. The van der Waals surface area contributed by atoms with Gasteiger partial charge < -0.3 is 10.0 Å². The van der Waals surface area contributed by atoms with Gasteiger partial charge in [0, 0.05) is 12.6 Å². The zero-order valence-electron chi connectivity index (χ0n) is 10.8. The molecule has 0 spiro atoms. The van der Waals surface area contributed by atoms with Crippen molar-refractivity contribution in [3.63, 3.8) is 0 Å². The number of amides is 1. The van der Waals surface area contributed by atoms with Crippen molar-refractivity contribution < 1.29 is 19.6 Å². The van der Waals surface area contributed by atoms with Crippen LogP contribution in [0.15, 0.2) is 18.2 Å². The number of aryl methyl sites for hydroxylation is 1. The summed E-state index contributed by atoms with van der Waals surface area (Å²) in [4.78, 5) is 34.3. The van der Waals surface area contributed by atoms with E-state index in [1.54, 1.807) is 0 Å². The molecule has 0 fully saturated rings. The number of carboxylic acids is 1. The summed E-state index contributed by atoms with van der Waals surface area (Å²) < 4.78 is 0. The first-order chi connectivity index (χ1) is 8.77. The van der Waals surface area contributed by atoms with Gasteiger partial charge in [-0.2, -0.15) is 0 Å². The summed E-state index contributed by atoms with van der Waals surface area (Å²) in [6, 6.07) is 3.30. The minimum absolute atomic E-state index is 0.111. The number of aliphatic carboxylic acids is 1. The van der Waals surface area contributed by atoms with E-state index in [0.29, 0.717) is 5.56 Å². The number of benzene rings is 1. The summed E-state index contributed by atoms with van der Waals surface area (Å²) in [6.07, 6.45) is 0. The van der Waals surface area contributed by atoms with Crippen LogP contribution in [0.3, 0.4) is 0 Å². The van der Waals surface area contributed by atoms with Crippen LogP contribution in [0.4, 0.5) is 5.69 Å². The standard InChI is InChI=1S/C12H14N2O5/c1-7-5-4-6-9(10(7)14(18)19)11(15)13(3)8(2)12(16)17/h4-6,8H,1-3H3,(H,16,17). The third-order valence-corrected chi connectivity index (χ3v) is 2.91. The van der Waals surface area contributed by atoms with E-state index >= 15 is 0 Å². The summed E-state index contributed by atoms with van der Waals surface area (Å²) in [5.41, 5.74) is -0.0511. The number of nitro groups is 1. The molecule has 1 aromatic rings. The van der Waals surface area contributed by atoms with Crippen molar-refractivity contribution in [2.24, 2.45) is 0 Å². The maximum Gasteiger partial charge on any atom is 0.326 e. The largest absolute Gasteiger partial charge is 0.480 e. The lowest BCUT2D eigenvalue weighted by Gasteiger charge is -2.21. The van der Waals surface area contributed by atoms with Gasteiger partial charge in [0.1, 0.15) is 11.6 Å². The maximum absolute atomic E-state index is 12.1. The van der Waals surface area contributed by atoms with Crippen LogP contribution >= 0.6 is 0 Å². The van der Waals surface area contributed by atoms with Crippen LogP contribution in [0.25, 0.3) is 0 Å². The second kappa shape index (κ2) is 5.47. The first-order valence-electron chi connectivity index (χ1n) is 5.51. The van der Waals surface area contributed by atoms with Crippen molar-refractivity contribution in [2.45, 2.75) is 19.9 Å². The molecule has 0 saturated heterocycles. The Kier molecular flexibility index (Phi) is 4.21. The predicted molar refractivity (Wildman–Crippen MR) is 67.0 cm³/mol. The van der Waals surface area contributed by atoms with Crippen LogP contribution in [0.5, 0.6) is 0 Å². The summed E-state index contributed by atoms with van der Waals surface area (Å²) in [5.74, 6) is -1.86. The van der Waals surface area contributed by atoms with Gasteiger partial charge in [-0.15, -0.1) is 0 Å². The van der Waals surface area contributed by atoms with Crippen LogP contribution in [0.2, 0.25) is 0 Å². The van der Waals surface area contributed by atoms with E-state index in [0.717, 1.165) is 4.90 Å². The molecule has 0 radical (unpaired) electrons. The van der Waals surface area contributed by atoms with E-state index < -0.39 is 22.8 Å². The number of carbonyl (C=O) groups excluding carboxylic acids is 1. The molecule has 0 aromatic heterocycles. The van der Waals surface area contributed by atoms with Crippen molar-refractivity contribution in [3.05, 3.63) is 39.4 Å². The summed E-state index contributed by atoms with van der Waals surface area (Å²) in [6.45, 7) is 2.86. The van der Waals surface area contributed by atoms with E-state index in [4.69, 9.17) is 5.11 Å². The molecule has 1 rings (SSSR count). The SMILES string of the molecule is Cc1cccc(C(=O)N(C)C(C)C(=O)O)c1[N+](=O)[O-]. The van der Waals surface area contributed by atoms with Crippen LogP contribution in [0.1, 0.15) is 22.8 Å². The van der Waals surface area contributed by atoms with Gasteiger partial charge in [-0.1, -0.05) is 12.1 Å². The van der Waals surface area contributed by atoms with Gasteiger partial charge in [-0.3, -0.25) is 14.9 Å². The minimum atomic E-state index is -1.17. The van der Waals surface area contributed by atoms with E-state index in [2.05, 4.69) is 0 Å². The van der Waals surface area contributed by atoms with Gasteiger partial charge in [0.25, 0.3) is 11.6 Å².